The van der Waals surface area contributed by atoms with E-state index in [4.69, 9.17) is 9.47 Å². The van der Waals surface area contributed by atoms with Gasteiger partial charge in [-0.15, -0.1) is 0 Å². The van der Waals surface area contributed by atoms with E-state index < -0.39 is 11.6 Å². The van der Waals surface area contributed by atoms with Crippen molar-refractivity contribution in [3.05, 3.63) is 100 Å². The van der Waals surface area contributed by atoms with Crippen LogP contribution in [0.5, 0.6) is 5.75 Å². The highest BCUT2D eigenvalue weighted by molar-refractivity contribution is 6.17. The van der Waals surface area contributed by atoms with Gasteiger partial charge in [-0.1, -0.05) is 42.5 Å². The molecule has 0 unspecified atom stereocenters. The van der Waals surface area contributed by atoms with Gasteiger partial charge in [-0.25, -0.2) is 4.79 Å². The summed E-state index contributed by atoms with van der Waals surface area (Å²) in [7, 11) is 1.60. The topological polar surface area (TPSA) is 77.8 Å². The predicted molar refractivity (Wildman–Crippen MR) is 140 cm³/mol. The molecule has 4 rings (SSSR count). The van der Waals surface area contributed by atoms with E-state index in [9.17, 15) is 14.7 Å². The Hall–Kier alpha value is -3.90. The highest BCUT2D eigenvalue weighted by atomic mass is 16.5. The third-order valence-electron chi connectivity index (χ3n) is 6.60. The van der Waals surface area contributed by atoms with Crippen molar-refractivity contribution in [2.24, 2.45) is 0 Å². The van der Waals surface area contributed by atoms with E-state index >= 15 is 0 Å². The van der Waals surface area contributed by atoms with Crippen molar-refractivity contribution >= 4 is 22.7 Å². The number of nitrogens with zero attached hydrogens (tertiary/aromatic N) is 1. The summed E-state index contributed by atoms with van der Waals surface area (Å²) in [6.45, 7) is 7.94. The largest absolute Gasteiger partial charge is 0.497 e. The van der Waals surface area contributed by atoms with Crippen molar-refractivity contribution < 1.29 is 24.2 Å². The lowest BCUT2D eigenvalue weighted by Crippen LogP contribution is -2.34. The lowest BCUT2D eigenvalue weighted by molar-refractivity contribution is -0.162. The molecule has 4 aromatic rings. The van der Waals surface area contributed by atoms with Crippen molar-refractivity contribution in [2.45, 2.75) is 46.4 Å². The maximum Gasteiger partial charge on any atom is 0.335 e. The number of aryl methyl sites for hydroxylation is 1. The normalized spacial score (nSPS) is 11.6. The Morgan fingerprint density at radius 3 is 2.17 bits per heavy atom. The van der Waals surface area contributed by atoms with Crippen LogP contribution in [0.4, 0.5) is 0 Å². The summed E-state index contributed by atoms with van der Waals surface area (Å²) in [5.41, 5.74) is 5.11. The van der Waals surface area contributed by atoms with Gasteiger partial charge >= 0.3 is 5.97 Å². The third kappa shape index (κ3) is 4.90. The number of rotatable bonds is 9. The van der Waals surface area contributed by atoms with Crippen molar-refractivity contribution in [1.29, 1.82) is 0 Å². The van der Waals surface area contributed by atoms with Crippen LogP contribution in [0.15, 0.2) is 66.7 Å². The fourth-order valence-corrected chi connectivity index (χ4v) is 4.34. The zero-order valence-corrected chi connectivity index (χ0v) is 21.3. The predicted octanol–water partition coefficient (Wildman–Crippen LogP) is 5.93. The van der Waals surface area contributed by atoms with E-state index in [0.29, 0.717) is 23.4 Å². The molecule has 0 spiro atoms. The van der Waals surface area contributed by atoms with Gasteiger partial charge in [0.05, 0.1) is 24.8 Å². The molecule has 1 N–H and O–H groups in total. The average Bonchev–Trinajstić information content (AvgIpc) is 3.15. The number of aliphatic carboxylic acids is 1. The molecule has 0 aliphatic heterocycles. The zero-order valence-electron chi connectivity index (χ0n) is 21.3. The van der Waals surface area contributed by atoms with Gasteiger partial charge in [0.25, 0.3) is 0 Å². The van der Waals surface area contributed by atoms with Crippen LogP contribution in [0.2, 0.25) is 0 Å². The number of hydrogen-bond donors (Lipinski definition) is 1. The minimum atomic E-state index is -1.25. The van der Waals surface area contributed by atoms with Crippen LogP contribution in [0.3, 0.4) is 0 Å². The summed E-state index contributed by atoms with van der Waals surface area (Å²) in [4.78, 5) is 24.9. The van der Waals surface area contributed by atoms with Gasteiger partial charge in [0.15, 0.2) is 11.4 Å². The lowest BCUT2D eigenvalue weighted by Gasteiger charge is -2.20. The standard InChI is InChI=1S/C30H31NO5/c1-19-7-6-8-25-26(28(32)23-13-15-24(35-5)16-14-23)20(2)31(27(19)25)17-21-9-11-22(12-10-21)18-36-30(3,4)29(33)34/h6-16H,17-18H2,1-5H3,(H,33,34). The molecule has 3 aromatic carbocycles. The van der Waals surface area contributed by atoms with Crippen LogP contribution in [-0.2, 0) is 22.7 Å². The molecule has 0 saturated carbocycles. The molecule has 0 atom stereocenters. The van der Waals surface area contributed by atoms with Gasteiger partial charge in [0, 0.05) is 23.2 Å². The summed E-state index contributed by atoms with van der Waals surface area (Å²) >= 11 is 0. The molecule has 6 nitrogen and oxygen atoms in total. The van der Waals surface area contributed by atoms with Crippen LogP contribution in [0.1, 0.15) is 52.2 Å². The number of carbonyl (C=O) groups is 2. The minimum Gasteiger partial charge on any atom is -0.497 e. The van der Waals surface area contributed by atoms with Crippen LogP contribution >= 0.6 is 0 Å². The Bertz CT molecular complexity index is 1410. The van der Waals surface area contributed by atoms with Crippen molar-refractivity contribution in [1.82, 2.24) is 4.57 Å². The Labute approximate surface area is 211 Å². The van der Waals surface area contributed by atoms with Crippen LogP contribution in [-0.4, -0.2) is 34.1 Å². The average molecular weight is 486 g/mol. The molecule has 0 amide bonds. The molecular formula is C30H31NO5. The van der Waals surface area contributed by atoms with E-state index in [1.807, 2.05) is 43.3 Å². The Morgan fingerprint density at radius 1 is 0.917 bits per heavy atom. The summed E-state index contributed by atoms with van der Waals surface area (Å²) in [5, 5.41) is 10.2. The number of ketones is 1. The quantitative estimate of drug-likeness (QED) is 0.298. The van der Waals surface area contributed by atoms with Gasteiger partial charge in [-0.2, -0.15) is 0 Å². The van der Waals surface area contributed by atoms with Crippen LogP contribution in [0, 0.1) is 13.8 Å². The zero-order chi connectivity index (χ0) is 26.0. The maximum atomic E-state index is 13.6. The molecule has 186 valence electrons. The first-order valence-electron chi connectivity index (χ1n) is 11.8. The molecule has 1 aromatic heterocycles. The van der Waals surface area contributed by atoms with E-state index in [-0.39, 0.29) is 12.4 Å². The maximum absolute atomic E-state index is 13.6. The third-order valence-corrected chi connectivity index (χ3v) is 6.60. The SMILES string of the molecule is COc1ccc(C(=O)c2c(C)n(Cc3ccc(COC(C)(C)C(=O)O)cc3)c3c(C)cccc23)cc1. The second kappa shape index (κ2) is 9.99. The first kappa shape index (κ1) is 25.2. The molecule has 0 aliphatic rings. The second-order valence-electron chi connectivity index (χ2n) is 9.50. The van der Waals surface area contributed by atoms with Gasteiger partial charge in [0.1, 0.15) is 5.75 Å². The minimum absolute atomic E-state index is 0.0157. The van der Waals surface area contributed by atoms with Crippen molar-refractivity contribution in [3.63, 3.8) is 0 Å². The summed E-state index contributed by atoms with van der Waals surface area (Å²) in [5.74, 6) is -0.301. The molecule has 0 fully saturated rings. The van der Waals surface area contributed by atoms with Crippen molar-refractivity contribution in [3.8, 4) is 5.75 Å². The fraction of sp³-hybridized carbons (Fsp3) is 0.267. The number of hydrogen-bond acceptors (Lipinski definition) is 4. The molecule has 0 bridgehead atoms. The Kier molecular flexibility index (Phi) is 7.00. The van der Waals surface area contributed by atoms with Crippen LogP contribution in [0.25, 0.3) is 10.9 Å². The molecule has 6 heteroatoms. The summed E-state index contributed by atoms with van der Waals surface area (Å²) in [6.07, 6.45) is 0. The van der Waals surface area contributed by atoms with Crippen LogP contribution < -0.4 is 4.74 Å². The van der Waals surface area contributed by atoms with E-state index in [0.717, 1.165) is 33.3 Å². The number of carboxylic acids is 1. The molecule has 0 radical (unpaired) electrons. The molecule has 1 heterocycles. The van der Waals surface area contributed by atoms with E-state index in [1.165, 1.54) is 13.8 Å². The Balaban J connectivity index is 1.65. The number of carboxylic acid groups (broad SMARTS) is 1. The molecule has 0 saturated heterocycles. The first-order chi connectivity index (χ1) is 17.1. The monoisotopic (exact) mass is 485 g/mol. The van der Waals surface area contributed by atoms with Gasteiger partial charge in [0.2, 0.25) is 0 Å². The molecule has 0 aliphatic carbocycles. The highest BCUT2D eigenvalue weighted by Gasteiger charge is 2.28. The Morgan fingerprint density at radius 2 is 1.56 bits per heavy atom. The smallest absolute Gasteiger partial charge is 0.335 e. The van der Waals surface area contributed by atoms with Gasteiger partial charge in [-0.05, 0) is 68.7 Å². The number of para-hydroxylation sites is 1. The van der Waals surface area contributed by atoms with E-state index in [2.05, 4.69) is 17.6 Å². The van der Waals surface area contributed by atoms with E-state index in [1.54, 1.807) is 31.4 Å². The number of carbonyl (C=O) groups excluding carboxylic acids is 1. The summed E-state index contributed by atoms with van der Waals surface area (Å²) < 4.78 is 13.0. The lowest BCUT2D eigenvalue weighted by atomic mass is 9.99. The number of benzene rings is 3. The fourth-order valence-electron chi connectivity index (χ4n) is 4.34. The van der Waals surface area contributed by atoms with Gasteiger partial charge < -0.3 is 19.1 Å². The number of aromatic nitrogens is 1. The molecule has 36 heavy (non-hydrogen) atoms. The number of fused-ring (bicyclic) bond motifs is 1. The first-order valence-corrected chi connectivity index (χ1v) is 11.8. The number of methoxy groups -OCH3 is 1. The number of ether oxygens (including phenoxy) is 2. The molecular weight excluding hydrogens is 454 g/mol. The second-order valence-corrected chi connectivity index (χ2v) is 9.50. The van der Waals surface area contributed by atoms with Gasteiger partial charge in [-0.3, -0.25) is 4.79 Å². The summed E-state index contributed by atoms with van der Waals surface area (Å²) in [6, 6.07) is 21.2. The highest BCUT2D eigenvalue weighted by Crippen LogP contribution is 2.31. The van der Waals surface area contributed by atoms with Crippen molar-refractivity contribution in [2.75, 3.05) is 7.11 Å².